The van der Waals surface area contributed by atoms with Gasteiger partial charge in [-0.2, -0.15) is 0 Å². The smallest absolute Gasteiger partial charge is 0.156 e. The predicted octanol–water partition coefficient (Wildman–Crippen LogP) is 3.44. The van der Waals surface area contributed by atoms with Crippen LogP contribution in [0.4, 0.5) is 8.78 Å². The molecule has 0 aliphatic carbocycles. The van der Waals surface area contributed by atoms with E-state index in [2.05, 4.69) is 25.9 Å². The Morgan fingerprint density at radius 2 is 2.00 bits per heavy atom. The predicted molar refractivity (Wildman–Crippen MR) is 66.0 cm³/mol. The molecule has 3 aromatic rings. The van der Waals surface area contributed by atoms with E-state index in [0.29, 0.717) is 15.9 Å². The van der Waals surface area contributed by atoms with Gasteiger partial charge in [0.25, 0.3) is 0 Å². The molecule has 90 valence electrons. The van der Waals surface area contributed by atoms with Crippen molar-refractivity contribution in [3.8, 4) is 11.3 Å². The first kappa shape index (κ1) is 11.3. The van der Waals surface area contributed by atoms with Crippen molar-refractivity contribution in [2.24, 2.45) is 0 Å². The fraction of sp³-hybridized carbons (Fsp3) is 0. The largest absolute Gasteiger partial charge is 0.302 e. The maximum absolute atomic E-state index is 13.6. The van der Waals surface area contributed by atoms with E-state index in [4.69, 9.17) is 0 Å². The molecule has 0 saturated carbocycles. The SMILES string of the molecule is Fc1ccc(-c2cn3cc(Br)ncc3n2)c(F)c1. The highest BCUT2D eigenvalue weighted by molar-refractivity contribution is 9.10. The zero-order valence-electron chi connectivity index (χ0n) is 8.94. The van der Waals surface area contributed by atoms with Gasteiger partial charge in [0.1, 0.15) is 16.2 Å². The van der Waals surface area contributed by atoms with Crippen LogP contribution in [0.3, 0.4) is 0 Å². The minimum Gasteiger partial charge on any atom is -0.302 e. The fourth-order valence-corrected chi connectivity index (χ4v) is 2.02. The molecule has 0 amide bonds. The highest BCUT2D eigenvalue weighted by Crippen LogP contribution is 2.23. The first-order chi connectivity index (χ1) is 8.63. The van der Waals surface area contributed by atoms with E-state index in [1.807, 2.05) is 0 Å². The molecule has 18 heavy (non-hydrogen) atoms. The Bertz CT molecular complexity index is 739. The Labute approximate surface area is 109 Å². The first-order valence-corrected chi connectivity index (χ1v) is 5.88. The van der Waals surface area contributed by atoms with Gasteiger partial charge in [-0.25, -0.2) is 18.7 Å². The third kappa shape index (κ3) is 1.88. The van der Waals surface area contributed by atoms with Gasteiger partial charge < -0.3 is 4.40 Å². The highest BCUT2D eigenvalue weighted by Gasteiger charge is 2.10. The average Bonchev–Trinajstić information content (AvgIpc) is 2.71. The van der Waals surface area contributed by atoms with E-state index in [9.17, 15) is 8.78 Å². The molecular weight excluding hydrogens is 304 g/mol. The van der Waals surface area contributed by atoms with Crippen LogP contribution in [0.15, 0.2) is 41.4 Å². The molecule has 0 aliphatic heterocycles. The summed E-state index contributed by atoms with van der Waals surface area (Å²) in [4.78, 5) is 8.26. The third-order valence-corrected chi connectivity index (χ3v) is 2.93. The molecule has 3 nitrogen and oxygen atoms in total. The molecule has 2 heterocycles. The summed E-state index contributed by atoms with van der Waals surface area (Å²) in [6.45, 7) is 0. The minimum atomic E-state index is -0.634. The van der Waals surface area contributed by atoms with E-state index in [0.717, 1.165) is 6.07 Å². The summed E-state index contributed by atoms with van der Waals surface area (Å²) in [5, 5.41) is 0. The molecule has 0 N–H and O–H groups in total. The van der Waals surface area contributed by atoms with Crippen molar-refractivity contribution < 1.29 is 8.78 Å². The van der Waals surface area contributed by atoms with Crippen molar-refractivity contribution in [1.82, 2.24) is 14.4 Å². The van der Waals surface area contributed by atoms with Gasteiger partial charge in [0.15, 0.2) is 5.65 Å². The molecule has 0 fully saturated rings. The molecule has 0 aliphatic rings. The number of hydrogen-bond donors (Lipinski definition) is 0. The number of aromatic nitrogens is 3. The average molecular weight is 310 g/mol. The lowest BCUT2D eigenvalue weighted by atomic mass is 10.1. The molecular formula is C12H6BrF2N3. The standard InChI is InChI=1S/C12H6BrF2N3/c13-11-6-18-5-10(17-12(18)4-16-11)8-2-1-7(14)3-9(8)15/h1-6H. The summed E-state index contributed by atoms with van der Waals surface area (Å²) in [6.07, 6.45) is 4.94. The normalized spacial score (nSPS) is 11.1. The van der Waals surface area contributed by atoms with E-state index in [1.165, 1.54) is 12.1 Å². The summed E-state index contributed by atoms with van der Waals surface area (Å²) in [6, 6.07) is 3.42. The molecule has 0 radical (unpaired) electrons. The van der Waals surface area contributed by atoms with Gasteiger partial charge >= 0.3 is 0 Å². The van der Waals surface area contributed by atoms with Crippen LogP contribution in [0.25, 0.3) is 16.9 Å². The van der Waals surface area contributed by atoms with E-state index in [-0.39, 0.29) is 5.56 Å². The van der Waals surface area contributed by atoms with Gasteiger partial charge in [0.05, 0.1) is 11.9 Å². The van der Waals surface area contributed by atoms with Crippen molar-refractivity contribution in [2.75, 3.05) is 0 Å². The number of imidazole rings is 1. The Morgan fingerprint density at radius 1 is 1.17 bits per heavy atom. The van der Waals surface area contributed by atoms with Gasteiger partial charge in [-0.05, 0) is 28.1 Å². The molecule has 0 atom stereocenters. The van der Waals surface area contributed by atoms with E-state index < -0.39 is 11.6 Å². The summed E-state index contributed by atoms with van der Waals surface area (Å²) < 4.78 is 28.8. The summed E-state index contributed by atoms with van der Waals surface area (Å²) >= 11 is 3.24. The second-order valence-electron chi connectivity index (χ2n) is 3.73. The van der Waals surface area contributed by atoms with Crippen LogP contribution in [0.1, 0.15) is 0 Å². The Balaban J connectivity index is 2.19. The maximum Gasteiger partial charge on any atom is 0.156 e. The van der Waals surface area contributed by atoms with Crippen LogP contribution in [-0.2, 0) is 0 Å². The lowest BCUT2D eigenvalue weighted by Gasteiger charge is -1.98. The number of fused-ring (bicyclic) bond motifs is 1. The Kier molecular flexibility index (Phi) is 2.59. The number of halogens is 3. The van der Waals surface area contributed by atoms with Gasteiger partial charge in [0.2, 0.25) is 0 Å². The van der Waals surface area contributed by atoms with Gasteiger partial charge in [-0.1, -0.05) is 0 Å². The fourth-order valence-electron chi connectivity index (χ4n) is 1.70. The van der Waals surface area contributed by atoms with Crippen molar-refractivity contribution in [1.29, 1.82) is 0 Å². The topological polar surface area (TPSA) is 30.2 Å². The van der Waals surface area contributed by atoms with Crippen LogP contribution < -0.4 is 0 Å². The molecule has 6 heteroatoms. The molecule has 0 spiro atoms. The number of hydrogen-bond acceptors (Lipinski definition) is 2. The highest BCUT2D eigenvalue weighted by atomic mass is 79.9. The first-order valence-electron chi connectivity index (χ1n) is 5.09. The van der Waals surface area contributed by atoms with Crippen LogP contribution >= 0.6 is 15.9 Å². The van der Waals surface area contributed by atoms with Crippen LogP contribution in [0.5, 0.6) is 0 Å². The number of rotatable bonds is 1. The Hall–Kier alpha value is -1.82. The van der Waals surface area contributed by atoms with Crippen LogP contribution in [0.2, 0.25) is 0 Å². The second kappa shape index (κ2) is 4.13. The summed E-state index contributed by atoms with van der Waals surface area (Å²) in [5.41, 5.74) is 1.29. The monoisotopic (exact) mass is 309 g/mol. The van der Waals surface area contributed by atoms with Crippen molar-refractivity contribution in [3.63, 3.8) is 0 Å². The van der Waals surface area contributed by atoms with Gasteiger partial charge in [-0.3, -0.25) is 0 Å². The Morgan fingerprint density at radius 3 is 2.78 bits per heavy atom. The lowest BCUT2D eigenvalue weighted by molar-refractivity contribution is 0.585. The molecule has 0 saturated heterocycles. The summed E-state index contributed by atoms with van der Waals surface area (Å²) in [5.74, 6) is -1.24. The zero-order valence-corrected chi connectivity index (χ0v) is 10.5. The number of benzene rings is 1. The van der Waals surface area contributed by atoms with Crippen molar-refractivity contribution in [3.05, 3.63) is 53.0 Å². The second-order valence-corrected chi connectivity index (χ2v) is 4.54. The molecule has 0 bridgehead atoms. The lowest BCUT2D eigenvalue weighted by Crippen LogP contribution is -1.85. The molecule has 3 rings (SSSR count). The van der Waals surface area contributed by atoms with Gasteiger partial charge in [0, 0.05) is 24.0 Å². The molecule has 0 unspecified atom stereocenters. The number of nitrogens with zero attached hydrogens (tertiary/aromatic N) is 3. The van der Waals surface area contributed by atoms with E-state index >= 15 is 0 Å². The van der Waals surface area contributed by atoms with Gasteiger partial charge in [-0.15, -0.1) is 0 Å². The minimum absolute atomic E-state index is 0.260. The van der Waals surface area contributed by atoms with Crippen molar-refractivity contribution >= 4 is 21.6 Å². The maximum atomic E-state index is 13.6. The van der Waals surface area contributed by atoms with Crippen molar-refractivity contribution in [2.45, 2.75) is 0 Å². The van der Waals surface area contributed by atoms with Crippen LogP contribution in [-0.4, -0.2) is 14.4 Å². The quantitative estimate of drug-likeness (QED) is 0.689. The van der Waals surface area contributed by atoms with E-state index in [1.54, 1.807) is 23.0 Å². The molecule has 2 aromatic heterocycles. The summed E-state index contributed by atoms with van der Waals surface area (Å²) in [7, 11) is 0. The molecule has 1 aromatic carbocycles. The zero-order chi connectivity index (χ0) is 12.7. The van der Waals surface area contributed by atoms with Crippen LogP contribution in [0, 0.1) is 11.6 Å². The third-order valence-electron chi connectivity index (χ3n) is 2.52.